The number of hydrogen-bond acceptors (Lipinski definition) is 2. The highest BCUT2D eigenvalue weighted by Gasteiger charge is 1.87. The second kappa shape index (κ2) is 3.61. The number of amides is 1. The van der Waals surface area contributed by atoms with Crippen LogP contribution in [0.1, 0.15) is 5.56 Å². The van der Waals surface area contributed by atoms with E-state index in [-0.39, 0.29) is 0 Å². The Balaban J connectivity index is 2.45. The van der Waals surface area contributed by atoms with Crippen molar-refractivity contribution in [2.75, 3.05) is 0 Å². The van der Waals surface area contributed by atoms with Gasteiger partial charge >= 0.3 is 0 Å². The minimum absolute atomic E-state index is 0.309. The van der Waals surface area contributed by atoms with Crippen molar-refractivity contribution in [3.8, 4) is 0 Å². The second-order valence-corrected chi connectivity index (χ2v) is 2.13. The van der Waals surface area contributed by atoms with E-state index in [1.165, 1.54) is 0 Å². The van der Waals surface area contributed by atoms with Gasteiger partial charge in [-0.2, -0.15) is 0 Å². The third-order valence-corrected chi connectivity index (χ3v) is 1.28. The fraction of sp³-hybridized carbons (Fsp3) is 0.125. The van der Waals surface area contributed by atoms with Gasteiger partial charge in [0.25, 0.3) is 0 Å². The van der Waals surface area contributed by atoms with Crippen molar-refractivity contribution < 1.29 is 9.90 Å². The number of carbonyl (C=O) groups excluding carboxylic acids is 1. The standard InChI is InChI=1S/C8H9NO2/c10-8(11)9-6-7-4-2-1-3-5-7/h1-5,9H,6H2,(H,10,11)/p-1. The van der Waals surface area contributed by atoms with Crippen LogP contribution in [0, 0.1) is 0 Å². The summed E-state index contributed by atoms with van der Waals surface area (Å²) in [5.41, 5.74) is 0.928. The number of hydrogen-bond donors (Lipinski definition) is 1. The summed E-state index contributed by atoms with van der Waals surface area (Å²) in [5.74, 6) is 0. The van der Waals surface area contributed by atoms with Gasteiger partial charge in [0.2, 0.25) is 0 Å². The smallest absolute Gasteiger partial charge is 0.134 e. The summed E-state index contributed by atoms with van der Waals surface area (Å²) < 4.78 is 0. The average Bonchev–Trinajstić information content (AvgIpc) is 2.03. The molecule has 1 aromatic rings. The lowest BCUT2D eigenvalue weighted by atomic mass is 10.2. The molecule has 1 rings (SSSR count). The molecule has 0 bridgehead atoms. The molecule has 0 aliphatic heterocycles. The van der Waals surface area contributed by atoms with Crippen molar-refractivity contribution in [3.05, 3.63) is 35.9 Å². The summed E-state index contributed by atoms with van der Waals surface area (Å²) in [6, 6.07) is 9.27. The normalized spacial score (nSPS) is 9.09. The predicted octanol–water partition coefficient (Wildman–Crippen LogP) is 0.119. The zero-order chi connectivity index (χ0) is 8.10. The molecule has 0 aliphatic carbocycles. The molecule has 11 heavy (non-hydrogen) atoms. The lowest BCUT2D eigenvalue weighted by molar-refractivity contribution is -0.251. The van der Waals surface area contributed by atoms with Crippen LogP contribution in [0.25, 0.3) is 0 Å². The average molecular weight is 150 g/mol. The van der Waals surface area contributed by atoms with Gasteiger partial charge in [-0.3, -0.25) is 0 Å². The molecule has 0 fully saturated rings. The lowest BCUT2D eigenvalue weighted by Crippen LogP contribution is -2.35. The van der Waals surface area contributed by atoms with Crippen LogP contribution in [0.15, 0.2) is 30.3 Å². The van der Waals surface area contributed by atoms with E-state index in [1.54, 1.807) is 0 Å². The molecule has 0 spiro atoms. The quantitative estimate of drug-likeness (QED) is 0.651. The SMILES string of the molecule is O=C([O-])NCc1ccccc1. The summed E-state index contributed by atoms with van der Waals surface area (Å²) in [6.45, 7) is 0.309. The third-order valence-electron chi connectivity index (χ3n) is 1.28. The van der Waals surface area contributed by atoms with Crippen LogP contribution < -0.4 is 10.4 Å². The van der Waals surface area contributed by atoms with Gasteiger partial charge in [0.05, 0.1) is 0 Å². The summed E-state index contributed by atoms with van der Waals surface area (Å²) >= 11 is 0. The van der Waals surface area contributed by atoms with Gasteiger partial charge in [0.15, 0.2) is 0 Å². The maximum absolute atomic E-state index is 9.95. The predicted molar refractivity (Wildman–Crippen MR) is 38.7 cm³/mol. The monoisotopic (exact) mass is 150 g/mol. The van der Waals surface area contributed by atoms with Crippen LogP contribution in [-0.2, 0) is 6.54 Å². The molecule has 1 amide bonds. The topological polar surface area (TPSA) is 52.2 Å². The van der Waals surface area contributed by atoms with Crippen molar-refractivity contribution in [1.29, 1.82) is 0 Å². The lowest BCUT2D eigenvalue weighted by Gasteiger charge is -2.05. The highest BCUT2D eigenvalue weighted by atomic mass is 16.4. The number of carbonyl (C=O) groups is 1. The maximum atomic E-state index is 9.95. The molecule has 0 saturated heterocycles. The van der Waals surface area contributed by atoms with Crippen molar-refractivity contribution in [3.63, 3.8) is 0 Å². The number of benzene rings is 1. The van der Waals surface area contributed by atoms with Crippen LogP contribution in [-0.4, -0.2) is 6.09 Å². The Morgan fingerprint density at radius 3 is 2.55 bits per heavy atom. The molecule has 1 aromatic carbocycles. The van der Waals surface area contributed by atoms with Gasteiger partial charge in [-0.25, -0.2) is 0 Å². The second-order valence-electron chi connectivity index (χ2n) is 2.13. The Bertz CT molecular complexity index is 233. The minimum Gasteiger partial charge on any atom is -0.530 e. The third kappa shape index (κ3) is 2.71. The zero-order valence-corrected chi connectivity index (χ0v) is 5.91. The molecule has 58 valence electrons. The van der Waals surface area contributed by atoms with Crippen LogP contribution in [0.3, 0.4) is 0 Å². The van der Waals surface area contributed by atoms with Crippen LogP contribution >= 0.6 is 0 Å². The molecule has 0 radical (unpaired) electrons. The van der Waals surface area contributed by atoms with Crippen LogP contribution in [0.5, 0.6) is 0 Å². The van der Waals surface area contributed by atoms with E-state index in [0.717, 1.165) is 5.56 Å². The van der Waals surface area contributed by atoms with Gasteiger partial charge in [-0.05, 0) is 5.56 Å². The number of rotatable bonds is 2. The van der Waals surface area contributed by atoms with E-state index in [0.29, 0.717) is 6.54 Å². The van der Waals surface area contributed by atoms with E-state index < -0.39 is 6.09 Å². The van der Waals surface area contributed by atoms with Crippen molar-refractivity contribution >= 4 is 6.09 Å². The van der Waals surface area contributed by atoms with Gasteiger partial charge in [-0.1, -0.05) is 30.3 Å². The molecule has 0 saturated carbocycles. The first kappa shape index (κ1) is 7.60. The molecule has 3 nitrogen and oxygen atoms in total. The Kier molecular flexibility index (Phi) is 2.49. The van der Waals surface area contributed by atoms with E-state index in [1.807, 2.05) is 30.3 Å². The Hall–Kier alpha value is -1.51. The fourth-order valence-electron chi connectivity index (χ4n) is 0.770. The first-order valence-corrected chi connectivity index (χ1v) is 3.28. The Morgan fingerprint density at radius 2 is 2.00 bits per heavy atom. The minimum atomic E-state index is -1.24. The largest absolute Gasteiger partial charge is 0.530 e. The molecular weight excluding hydrogens is 142 g/mol. The van der Waals surface area contributed by atoms with E-state index >= 15 is 0 Å². The van der Waals surface area contributed by atoms with E-state index in [2.05, 4.69) is 5.32 Å². The van der Waals surface area contributed by atoms with Crippen LogP contribution in [0.2, 0.25) is 0 Å². The summed E-state index contributed by atoms with van der Waals surface area (Å²) in [4.78, 5) is 9.95. The molecule has 0 aromatic heterocycles. The fourth-order valence-corrected chi connectivity index (χ4v) is 0.770. The number of carboxylic acid groups (broad SMARTS) is 1. The highest BCUT2D eigenvalue weighted by Crippen LogP contribution is 1.96. The van der Waals surface area contributed by atoms with E-state index in [9.17, 15) is 9.90 Å². The Labute approximate surface area is 64.7 Å². The molecule has 0 unspecified atom stereocenters. The van der Waals surface area contributed by atoms with Gasteiger partial charge < -0.3 is 15.2 Å². The zero-order valence-electron chi connectivity index (χ0n) is 5.91. The molecule has 0 aliphatic rings. The first-order chi connectivity index (χ1) is 5.29. The number of nitrogens with one attached hydrogen (secondary N) is 1. The highest BCUT2D eigenvalue weighted by molar-refractivity contribution is 5.61. The van der Waals surface area contributed by atoms with Crippen molar-refractivity contribution in [2.24, 2.45) is 0 Å². The maximum Gasteiger partial charge on any atom is 0.134 e. The molecule has 3 heteroatoms. The van der Waals surface area contributed by atoms with Crippen molar-refractivity contribution in [1.82, 2.24) is 5.32 Å². The first-order valence-electron chi connectivity index (χ1n) is 3.28. The van der Waals surface area contributed by atoms with Gasteiger partial charge in [0, 0.05) is 6.54 Å². The van der Waals surface area contributed by atoms with Crippen molar-refractivity contribution in [2.45, 2.75) is 6.54 Å². The van der Waals surface area contributed by atoms with Gasteiger partial charge in [-0.15, -0.1) is 0 Å². The molecule has 0 atom stereocenters. The van der Waals surface area contributed by atoms with Gasteiger partial charge in [0.1, 0.15) is 6.09 Å². The molecule has 1 N–H and O–H groups in total. The summed E-state index contributed by atoms with van der Waals surface area (Å²) in [7, 11) is 0. The summed E-state index contributed by atoms with van der Waals surface area (Å²) in [5, 5.41) is 12.1. The van der Waals surface area contributed by atoms with E-state index in [4.69, 9.17) is 0 Å². The summed E-state index contributed by atoms with van der Waals surface area (Å²) in [6.07, 6.45) is -1.24. The molecule has 0 heterocycles. The Morgan fingerprint density at radius 1 is 1.36 bits per heavy atom. The molecular formula is C8H8NO2-. The van der Waals surface area contributed by atoms with Crippen LogP contribution in [0.4, 0.5) is 4.79 Å².